The molecule has 130 valence electrons. The Balaban J connectivity index is 1.67. The Morgan fingerprint density at radius 2 is 1.96 bits per heavy atom. The van der Waals surface area contributed by atoms with Gasteiger partial charge in [0.05, 0.1) is 16.6 Å². The first-order valence-corrected chi connectivity index (χ1v) is 8.54. The summed E-state index contributed by atoms with van der Waals surface area (Å²) in [5.41, 5.74) is 1.70. The number of carbonyl (C=O) groups is 2. The minimum absolute atomic E-state index is 0.0197. The van der Waals surface area contributed by atoms with Crippen LogP contribution < -0.4 is 5.32 Å². The molecule has 2 N–H and O–H groups in total. The number of benzene rings is 2. The first-order chi connectivity index (χ1) is 12.0. The number of carbonyl (C=O) groups excluding carboxylic acids is 1. The predicted molar refractivity (Wildman–Crippen MR) is 96.9 cm³/mol. The van der Waals surface area contributed by atoms with E-state index in [1.54, 1.807) is 6.07 Å². The van der Waals surface area contributed by atoms with Gasteiger partial charge >= 0.3 is 5.97 Å². The number of nitrogens with zero attached hydrogens (tertiary/aromatic N) is 1. The van der Waals surface area contributed by atoms with E-state index in [2.05, 4.69) is 22.3 Å². The van der Waals surface area contributed by atoms with Gasteiger partial charge in [-0.15, -0.1) is 0 Å². The molecule has 0 radical (unpaired) electrons. The Morgan fingerprint density at radius 3 is 2.64 bits per heavy atom. The molecule has 1 aliphatic rings. The van der Waals surface area contributed by atoms with Gasteiger partial charge in [0.15, 0.2) is 0 Å². The number of carboxylic acid groups (broad SMARTS) is 1. The molecule has 0 aromatic heterocycles. The minimum Gasteiger partial charge on any atom is -0.478 e. The van der Waals surface area contributed by atoms with Gasteiger partial charge in [-0.25, -0.2) is 4.79 Å². The van der Waals surface area contributed by atoms with Crippen molar-refractivity contribution in [2.45, 2.75) is 25.4 Å². The summed E-state index contributed by atoms with van der Waals surface area (Å²) < 4.78 is 0. The maximum absolute atomic E-state index is 12.6. The number of anilines is 1. The number of aromatic carboxylic acids is 1. The number of carboxylic acids is 1. The second kappa shape index (κ2) is 7.68. The van der Waals surface area contributed by atoms with Crippen LogP contribution in [-0.4, -0.2) is 34.5 Å². The van der Waals surface area contributed by atoms with E-state index >= 15 is 0 Å². The van der Waals surface area contributed by atoms with E-state index in [0.29, 0.717) is 5.69 Å². The minimum atomic E-state index is -1.09. The summed E-state index contributed by atoms with van der Waals surface area (Å²) in [4.78, 5) is 25.8. The van der Waals surface area contributed by atoms with Crippen molar-refractivity contribution < 1.29 is 14.7 Å². The Kier molecular flexibility index (Phi) is 5.36. The largest absolute Gasteiger partial charge is 0.478 e. The third-order valence-electron chi connectivity index (χ3n) is 4.36. The molecule has 0 bridgehead atoms. The highest BCUT2D eigenvalue weighted by atomic mass is 35.5. The highest BCUT2D eigenvalue weighted by Gasteiger charge is 2.30. The smallest absolute Gasteiger partial charge is 0.337 e. The first-order valence-electron chi connectivity index (χ1n) is 8.16. The zero-order valence-electron chi connectivity index (χ0n) is 13.6. The molecule has 1 atom stereocenters. The van der Waals surface area contributed by atoms with Crippen LogP contribution >= 0.6 is 11.6 Å². The lowest BCUT2D eigenvalue weighted by Crippen LogP contribution is -2.39. The molecule has 1 heterocycles. The Morgan fingerprint density at radius 1 is 1.20 bits per heavy atom. The van der Waals surface area contributed by atoms with Crippen molar-refractivity contribution in [1.29, 1.82) is 0 Å². The summed E-state index contributed by atoms with van der Waals surface area (Å²) in [6.45, 7) is 1.61. The number of hydrogen-bond donors (Lipinski definition) is 2. The lowest BCUT2D eigenvalue weighted by atomic mass is 10.1. The molecule has 1 amide bonds. The van der Waals surface area contributed by atoms with Crippen LogP contribution in [0.3, 0.4) is 0 Å². The Labute approximate surface area is 151 Å². The third kappa shape index (κ3) is 4.18. The number of halogens is 1. The van der Waals surface area contributed by atoms with Crippen LogP contribution in [0.15, 0.2) is 48.5 Å². The number of amides is 1. The van der Waals surface area contributed by atoms with Crippen molar-refractivity contribution in [3.63, 3.8) is 0 Å². The first kappa shape index (κ1) is 17.5. The summed E-state index contributed by atoms with van der Waals surface area (Å²) in [6.07, 6.45) is 1.78. The number of rotatable bonds is 5. The van der Waals surface area contributed by atoms with Crippen LogP contribution in [0.1, 0.15) is 28.8 Å². The molecule has 0 aliphatic carbocycles. The molecule has 1 saturated heterocycles. The topological polar surface area (TPSA) is 69.6 Å². The van der Waals surface area contributed by atoms with Crippen molar-refractivity contribution in [3.05, 3.63) is 64.7 Å². The van der Waals surface area contributed by atoms with E-state index < -0.39 is 5.97 Å². The van der Waals surface area contributed by atoms with E-state index in [1.165, 1.54) is 17.7 Å². The van der Waals surface area contributed by atoms with Crippen LogP contribution in [0.2, 0.25) is 5.02 Å². The molecule has 3 rings (SSSR count). The van der Waals surface area contributed by atoms with Gasteiger partial charge in [0.1, 0.15) is 0 Å². The molecule has 25 heavy (non-hydrogen) atoms. The monoisotopic (exact) mass is 358 g/mol. The van der Waals surface area contributed by atoms with Crippen molar-refractivity contribution in [3.8, 4) is 0 Å². The van der Waals surface area contributed by atoms with Gasteiger partial charge in [-0.2, -0.15) is 0 Å². The number of nitrogens with one attached hydrogen (secondary N) is 1. The summed E-state index contributed by atoms with van der Waals surface area (Å²) in [5, 5.41) is 12.0. The molecule has 1 fully saturated rings. The average Bonchev–Trinajstić information content (AvgIpc) is 3.03. The van der Waals surface area contributed by atoms with E-state index in [-0.39, 0.29) is 22.5 Å². The van der Waals surface area contributed by atoms with E-state index in [4.69, 9.17) is 16.7 Å². The fraction of sp³-hybridized carbons (Fsp3) is 0.263. The molecular weight excluding hydrogens is 340 g/mol. The van der Waals surface area contributed by atoms with Gasteiger partial charge in [-0.05, 0) is 43.1 Å². The second-order valence-corrected chi connectivity index (χ2v) is 6.51. The number of hydrogen-bond acceptors (Lipinski definition) is 3. The van der Waals surface area contributed by atoms with Crippen LogP contribution in [0, 0.1) is 0 Å². The molecule has 1 unspecified atom stereocenters. The van der Waals surface area contributed by atoms with E-state index in [9.17, 15) is 9.59 Å². The van der Waals surface area contributed by atoms with E-state index in [0.717, 1.165) is 25.9 Å². The van der Waals surface area contributed by atoms with Crippen LogP contribution in [0.25, 0.3) is 0 Å². The molecule has 2 aromatic carbocycles. The van der Waals surface area contributed by atoms with E-state index in [1.807, 2.05) is 18.2 Å². The van der Waals surface area contributed by atoms with Gasteiger partial charge in [0.25, 0.3) is 0 Å². The molecule has 1 aliphatic heterocycles. The highest BCUT2D eigenvalue weighted by Crippen LogP contribution is 2.24. The van der Waals surface area contributed by atoms with Gasteiger partial charge in [0, 0.05) is 12.2 Å². The average molecular weight is 359 g/mol. The summed E-state index contributed by atoms with van der Waals surface area (Å²) >= 11 is 5.96. The molecule has 6 heteroatoms. The van der Waals surface area contributed by atoms with Crippen molar-refractivity contribution >= 4 is 29.2 Å². The SMILES string of the molecule is O=C(O)c1ccc(NC(=O)C2CCCN2Cc2ccccc2)cc1Cl. The summed E-state index contributed by atoms with van der Waals surface area (Å²) in [5.74, 6) is -1.18. The Hall–Kier alpha value is -2.37. The lowest BCUT2D eigenvalue weighted by Gasteiger charge is -2.23. The summed E-state index contributed by atoms with van der Waals surface area (Å²) in [6, 6.07) is 14.3. The lowest BCUT2D eigenvalue weighted by molar-refractivity contribution is -0.120. The predicted octanol–water partition coefficient (Wildman–Crippen LogP) is 3.64. The standard InChI is InChI=1S/C19H19ClN2O3/c20-16-11-14(8-9-15(16)19(24)25)21-18(23)17-7-4-10-22(17)12-13-5-2-1-3-6-13/h1-3,5-6,8-9,11,17H,4,7,10,12H2,(H,21,23)(H,24,25). The maximum atomic E-state index is 12.6. The van der Waals surface area contributed by atoms with Gasteiger partial charge in [-0.1, -0.05) is 41.9 Å². The van der Waals surface area contributed by atoms with Gasteiger partial charge in [-0.3, -0.25) is 9.69 Å². The molecule has 2 aromatic rings. The normalized spacial score (nSPS) is 17.4. The third-order valence-corrected chi connectivity index (χ3v) is 4.67. The van der Waals surface area contributed by atoms with Gasteiger partial charge in [0.2, 0.25) is 5.91 Å². The zero-order chi connectivity index (χ0) is 17.8. The van der Waals surface area contributed by atoms with Crippen molar-refractivity contribution in [1.82, 2.24) is 4.90 Å². The fourth-order valence-electron chi connectivity index (χ4n) is 3.12. The molecular formula is C19H19ClN2O3. The molecule has 0 saturated carbocycles. The van der Waals surface area contributed by atoms with Crippen LogP contribution in [0.5, 0.6) is 0 Å². The number of likely N-dealkylation sites (tertiary alicyclic amines) is 1. The van der Waals surface area contributed by atoms with Gasteiger partial charge < -0.3 is 10.4 Å². The fourth-order valence-corrected chi connectivity index (χ4v) is 3.38. The molecule has 0 spiro atoms. The quantitative estimate of drug-likeness (QED) is 0.856. The summed E-state index contributed by atoms with van der Waals surface area (Å²) in [7, 11) is 0. The van der Waals surface area contributed by atoms with Crippen LogP contribution in [0.4, 0.5) is 5.69 Å². The Bertz CT molecular complexity index is 779. The maximum Gasteiger partial charge on any atom is 0.337 e. The highest BCUT2D eigenvalue weighted by molar-refractivity contribution is 6.33. The second-order valence-electron chi connectivity index (χ2n) is 6.10. The van der Waals surface area contributed by atoms with Crippen LogP contribution in [-0.2, 0) is 11.3 Å². The van der Waals surface area contributed by atoms with Crippen molar-refractivity contribution in [2.24, 2.45) is 0 Å². The van der Waals surface area contributed by atoms with Crippen molar-refractivity contribution in [2.75, 3.05) is 11.9 Å². The molecule has 5 nitrogen and oxygen atoms in total. The zero-order valence-corrected chi connectivity index (χ0v) is 14.4.